The Kier molecular flexibility index (Phi) is 4.99. The average molecular weight is 494 g/mol. The lowest BCUT2D eigenvalue weighted by Gasteiger charge is -2.31. The minimum atomic E-state index is -2.68. The maximum atomic E-state index is 13.2. The Hall–Kier alpha value is -4.35. The van der Waals surface area contributed by atoms with Crippen LogP contribution in [0.1, 0.15) is 40.7 Å². The highest BCUT2D eigenvalue weighted by Crippen LogP contribution is 2.48. The van der Waals surface area contributed by atoms with E-state index in [9.17, 15) is 18.4 Å². The number of hydrogen-bond acceptors (Lipinski definition) is 7. The molecule has 0 atom stereocenters. The van der Waals surface area contributed by atoms with E-state index in [-0.39, 0.29) is 30.5 Å². The van der Waals surface area contributed by atoms with E-state index < -0.39 is 17.9 Å². The molecule has 1 N–H and O–H groups in total. The van der Waals surface area contributed by atoms with Crippen LogP contribution in [0.15, 0.2) is 47.2 Å². The summed E-state index contributed by atoms with van der Waals surface area (Å²) in [6, 6.07) is 8.71. The van der Waals surface area contributed by atoms with E-state index in [2.05, 4.69) is 20.4 Å². The minimum absolute atomic E-state index is 0.189. The number of halogens is 2. The first-order valence-corrected chi connectivity index (χ1v) is 11.3. The molecule has 2 fully saturated rings. The zero-order valence-corrected chi connectivity index (χ0v) is 19.1. The van der Waals surface area contributed by atoms with Crippen LogP contribution in [0.4, 0.5) is 25.0 Å². The lowest BCUT2D eigenvalue weighted by molar-refractivity contribution is -0.0925. The highest BCUT2D eigenvalue weighted by atomic mass is 19.3. The molecule has 3 aromatic heterocycles. The molecule has 4 aromatic rings. The molecular weight excluding hydrogens is 474 g/mol. The van der Waals surface area contributed by atoms with Crippen molar-refractivity contribution >= 4 is 29.0 Å². The summed E-state index contributed by atoms with van der Waals surface area (Å²) >= 11 is 0. The van der Waals surface area contributed by atoms with Crippen LogP contribution in [0.3, 0.4) is 0 Å². The number of amides is 2. The van der Waals surface area contributed by atoms with E-state index in [4.69, 9.17) is 9.26 Å². The fourth-order valence-electron chi connectivity index (χ4n) is 4.37. The van der Waals surface area contributed by atoms with Crippen molar-refractivity contribution in [3.05, 3.63) is 59.9 Å². The third-order valence-electron chi connectivity index (χ3n) is 6.43. The highest BCUT2D eigenvalue weighted by Gasteiger charge is 2.48. The first-order valence-electron chi connectivity index (χ1n) is 11.3. The number of nitrogens with one attached hydrogen (secondary N) is 1. The van der Waals surface area contributed by atoms with E-state index in [0.29, 0.717) is 41.4 Å². The number of anilines is 2. The SMILES string of the molecule is Cc1ccc(-c2noc(C3CC(F)(F)C3)n2)cc1NC(=O)c1cnc2cc(N3CCOC3=O)ccn12. The maximum absolute atomic E-state index is 13.2. The van der Waals surface area contributed by atoms with Crippen molar-refractivity contribution in [3.63, 3.8) is 0 Å². The van der Waals surface area contributed by atoms with Gasteiger partial charge in [-0.2, -0.15) is 4.98 Å². The molecule has 10 nitrogen and oxygen atoms in total. The molecule has 2 aliphatic rings. The first-order chi connectivity index (χ1) is 17.3. The van der Waals surface area contributed by atoms with Gasteiger partial charge in [0.25, 0.3) is 5.91 Å². The number of ether oxygens (including phenoxy) is 1. The molecule has 0 radical (unpaired) electrons. The van der Waals surface area contributed by atoms with Crippen LogP contribution in [0.5, 0.6) is 0 Å². The molecule has 2 amide bonds. The van der Waals surface area contributed by atoms with Gasteiger partial charge >= 0.3 is 6.09 Å². The van der Waals surface area contributed by atoms with Crippen LogP contribution in [-0.2, 0) is 4.74 Å². The molecule has 0 unspecified atom stereocenters. The number of benzene rings is 1. The van der Waals surface area contributed by atoms with Crippen molar-refractivity contribution in [1.29, 1.82) is 0 Å². The molecule has 1 saturated heterocycles. The number of aryl methyl sites for hydroxylation is 1. The number of nitrogens with zero attached hydrogens (tertiary/aromatic N) is 5. The van der Waals surface area contributed by atoms with E-state index >= 15 is 0 Å². The first kappa shape index (κ1) is 22.1. The third kappa shape index (κ3) is 3.84. The number of cyclic esters (lactones) is 1. The summed E-state index contributed by atoms with van der Waals surface area (Å²) < 4.78 is 38.2. The van der Waals surface area contributed by atoms with Gasteiger partial charge in [0.1, 0.15) is 17.9 Å². The average Bonchev–Trinajstić information content (AvgIpc) is 3.57. The quantitative estimate of drug-likeness (QED) is 0.437. The van der Waals surface area contributed by atoms with Crippen LogP contribution in [0.2, 0.25) is 0 Å². The van der Waals surface area contributed by atoms with E-state index in [1.165, 1.54) is 11.1 Å². The van der Waals surface area contributed by atoms with Crippen molar-refractivity contribution in [2.24, 2.45) is 0 Å². The Labute approximate surface area is 202 Å². The van der Waals surface area contributed by atoms with Gasteiger partial charge in [-0.3, -0.25) is 14.1 Å². The van der Waals surface area contributed by atoms with Gasteiger partial charge in [0, 0.05) is 42.3 Å². The highest BCUT2D eigenvalue weighted by molar-refractivity contribution is 6.04. The zero-order valence-electron chi connectivity index (χ0n) is 19.1. The maximum Gasteiger partial charge on any atom is 0.414 e. The largest absolute Gasteiger partial charge is 0.447 e. The summed E-state index contributed by atoms with van der Waals surface area (Å²) in [5, 5.41) is 6.81. The monoisotopic (exact) mass is 494 g/mol. The summed E-state index contributed by atoms with van der Waals surface area (Å²) in [4.78, 5) is 35.0. The number of hydrogen-bond donors (Lipinski definition) is 1. The number of alkyl halides is 2. The standard InChI is InChI=1S/C24H20F2N6O4/c1-13-2-3-14(20-29-22(36-30-20)15-10-24(25,26)11-15)8-17(13)28-21(33)18-12-27-19-9-16(4-5-32(18)19)31-6-7-35-23(31)34/h2-5,8-9,12,15H,6-7,10-11H2,1H3,(H,28,33). The number of fused-ring (bicyclic) bond motifs is 1. The summed E-state index contributed by atoms with van der Waals surface area (Å²) in [6.07, 6.45) is 2.11. The number of imidazole rings is 1. The topological polar surface area (TPSA) is 115 Å². The van der Waals surface area contributed by atoms with Gasteiger partial charge in [0.15, 0.2) is 0 Å². The predicted octanol–water partition coefficient (Wildman–Crippen LogP) is 4.41. The molecule has 4 heterocycles. The number of rotatable bonds is 5. The van der Waals surface area contributed by atoms with Crippen LogP contribution in [-0.4, -0.2) is 50.6 Å². The molecule has 12 heteroatoms. The molecule has 1 aliphatic carbocycles. The van der Waals surface area contributed by atoms with Gasteiger partial charge in [-0.15, -0.1) is 0 Å². The van der Waals surface area contributed by atoms with Crippen LogP contribution < -0.4 is 10.2 Å². The van der Waals surface area contributed by atoms with Crippen LogP contribution >= 0.6 is 0 Å². The molecule has 1 saturated carbocycles. The molecule has 6 rings (SSSR count). The van der Waals surface area contributed by atoms with E-state index in [1.54, 1.807) is 40.9 Å². The lowest BCUT2D eigenvalue weighted by atomic mass is 9.81. The Balaban J connectivity index is 1.22. The summed E-state index contributed by atoms with van der Waals surface area (Å²) in [5.74, 6) is -3.06. The van der Waals surface area contributed by atoms with Gasteiger partial charge in [0.05, 0.1) is 18.4 Å². The fraction of sp³-hybridized carbons (Fsp3) is 0.292. The normalized spacial score (nSPS) is 17.3. The number of pyridine rings is 1. The number of aromatic nitrogens is 4. The molecule has 0 spiro atoms. The second kappa shape index (κ2) is 8.11. The van der Waals surface area contributed by atoms with E-state index in [0.717, 1.165) is 5.56 Å². The zero-order chi connectivity index (χ0) is 25.0. The second-order valence-electron chi connectivity index (χ2n) is 8.92. The molecule has 0 bridgehead atoms. The van der Waals surface area contributed by atoms with Gasteiger partial charge in [-0.05, 0) is 24.6 Å². The van der Waals surface area contributed by atoms with E-state index in [1.807, 2.05) is 6.92 Å². The van der Waals surface area contributed by atoms with Gasteiger partial charge < -0.3 is 14.6 Å². The third-order valence-corrected chi connectivity index (χ3v) is 6.43. The second-order valence-corrected chi connectivity index (χ2v) is 8.92. The summed E-state index contributed by atoms with van der Waals surface area (Å²) in [7, 11) is 0. The van der Waals surface area contributed by atoms with Crippen molar-refractivity contribution in [1.82, 2.24) is 19.5 Å². The van der Waals surface area contributed by atoms with Crippen LogP contribution in [0, 0.1) is 6.92 Å². The van der Waals surface area contributed by atoms with Gasteiger partial charge in [-0.25, -0.2) is 18.6 Å². The van der Waals surface area contributed by atoms with Crippen molar-refractivity contribution < 1.29 is 27.6 Å². The number of carbonyl (C=O) groups excluding carboxylic acids is 2. The Morgan fingerprint density at radius 3 is 2.81 bits per heavy atom. The van der Waals surface area contributed by atoms with Crippen molar-refractivity contribution in [2.75, 3.05) is 23.4 Å². The van der Waals surface area contributed by atoms with Gasteiger partial charge in [-0.1, -0.05) is 17.3 Å². The smallest absolute Gasteiger partial charge is 0.414 e. The van der Waals surface area contributed by atoms with Crippen molar-refractivity contribution in [3.8, 4) is 11.4 Å². The Bertz CT molecular complexity index is 1510. The molecule has 36 heavy (non-hydrogen) atoms. The predicted molar refractivity (Wildman–Crippen MR) is 123 cm³/mol. The fourth-order valence-corrected chi connectivity index (χ4v) is 4.37. The van der Waals surface area contributed by atoms with Gasteiger partial charge in [0.2, 0.25) is 17.6 Å². The summed E-state index contributed by atoms with van der Waals surface area (Å²) in [6.45, 7) is 2.62. The molecule has 184 valence electrons. The van der Waals surface area contributed by atoms with Crippen molar-refractivity contribution in [2.45, 2.75) is 31.6 Å². The Morgan fingerprint density at radius 2 is 2.06 bits per heavy atom. The number of carbonyl (C=O) groups is 2. The lowest BCUT2D eigenvalue weighted by Crippen LogP contribution is -2.33. The molecule has 1 aromatic carbocycles. The molecule has 1 aliphatic heterocycles. The Morgan fingerprint density at radius 1 is 1.22 bits per heavy atom. The van der Waals surface area contributed by atoms with Crippen LogP contribution in [0.25, 0.3) is 17.0 Å². The molecular formula is C24H20F2N6O4. The summed E-state index contributed by atoms with van der Waals surface area (Å²) in [5.41, 5.74) is 3.36. The minimum Gasteiger partial charge on any atom is -0.447 e.